The topological polar surface area (TPSA) is 53.1 Å². The van der Waals surface area contributed by atoms with Gasteiger partial charge in [0.25, 0.3) is 0 Å². The Morgan fingerprint density at radius 3 is 2.76 bits per heavy atom. The van der Waals surface area contributed by atoms with Gasteiger partial charge in [-0.25, -0.2) is 0 Å². The Labute approximate surface area is 97.5 Å². The fraction of sp³-hybridized carbons (Fsp3) is 0.700. The molecule has 0 aliphatic carbocycles. The number of aryl methyl sites for hydroxylation is 1. The fourth-order valence-corrected chi connectivity index (χ4v) is 1.25. The Kier molecular flexibility index (Phi) is 4.95. The number of nitrogens with two attached hydrogens (primary N) is 1. The highest BCUT2D eigenvalue weighted by molar-refractivity contribution is 5.07. The van der Waals surface area contributed by atoms with Gasteiger partial charge in [0.2, 0.25) is 0 Å². The zero-order chi connectivity index (χ0) is 12.9. The Morgan fingerprint density at radius 1 is 1.53 bits per heavy atom. The van der Waals surface area contributed by atoms with Crippen LogP contribution >= 0.6 is 0 Å². The van der Waals surface area contributed by atoms with Crippen molar-refractivity contribution in [2.45, 2.75) is 32.1 Å². The third kappa shape index (κ3) is 5.69. The van der Waals surface area contributed by atoms with Crippen molar-refractivity contribution in [2.75, 3.05) is 13.2 Å². The van der Waals surface area contributed by atoms with Gasteiger partial charge >= 0.3 is 6.18 Å². The lowest BCUT2D eigenvalue weighted by Gasteiger charge is -2.07. The minimum Gasteiger partial charge on any atom is -0.372 e. The van der Waals surface area contributed by atoms with Crippen molar-refractivity contribution in [1.82, 2.24) is 9.78 Å². The number of hydrogen-bond acceptors (Lipinski definition) is 3. The number of aromatic nitrogens is 2. The molecule has 1 aromatic heterocycles. The summed E-state index contributed by atoms with van der Waals surface area (Å²) in [6.45, 7) is 1.22. The van der Waals surface area contributed by atoms with E-state index in [1.165, 1.54) is 0 Å². The molecule has 0 bridgehead atoms. The van der Waals surface area contributed by atoms with Crippen LogP contribution in [0.25, 0.3) is 0 Å². The van der Waals surface area contributed by atoms with Crippen LogP contribution in [0.15, 0.2) is 12.4 Å². The van der Waals surface area contributed by atoms with Crippen molar-refractivity contribution in [3.8, 4) is 0 Å². The summed E-state index contributed by atoms with van der Waals surface area (Å²) in [5, 5.41) is 4.04. The van der Waals surface area contributed by atoms with E-state index in [2.05, 4.69) is 9.84 Å². The van der Waals surface area contributed by atoms with Gasteiger partial charge in [0.05, 0.1) is 6.20 Å². The Hall–Kier alpha value is -1.08. The van der Waals surface area contributed by atoms with Gasteiger partial charge in [0.1, 0.15) is 6.61 Å². The zero-order valence-electron chi connectivity index (χ0n) is 9.57. The van der Waals surface area contributed by atoms with E-state index in [0.717, 1.165) is 5.56 Å². The number of nitrogens with zero attached hydrogens (tertiary/aromatic N) is 2. The largest absolute Gasteiger partial charge is 0.411 e. The number of halogens is 3. The van der Waals surface area contributed by atoms with Gasteiger partial charge in [-0.05, 0) is 13.3 Å². The molecule has 1 heterocycles. The SMILES string of the molecule is CC(N)c1cnn(CCCOCC(F)(F)F)c1. The second kappa shape index (κ2) is 6.02. The molecule has 17 heavy (non-hydrogen) atoms. The molecule has 1 rings (SSSR count). The summed E-state index contributed by atoms with van der Waals surface area (Å²) in [6, 6.07) is -0.0924. The van der Waals surface area contributed by atoms with Gasteiger partial charge in [-0.3, -0.25) is 4.68 Å². The molecule has 0 spiro atoms. The van der Waals surface area contributed by atoms with Gasteiger partial charge in [-0.1, -0.05) is 0 Å². The van der Waals surface area contributed by atoms with E-state index in [-0.39, 0.29) is 12.6 Å². The smallest absolute Gasteiger partial charge is 0.372 e. The lowest BCUT2D eigenvalue weighted by atomic mass is 10.2. The van der Waals surface area contributed by atoms with Crippen molar-refractivity contribution in [3.63, 3.8) is 0 Å². The summed E-state index contributed by atoms with van der Waals surface area (Å²) in [5.41, 5.74) is 6.55. The van der Waals surface area contributed by atoms with Crippen LogP contribution in [0.2, 0.25) is 0 Å². The van der Waals surface area contributed by atoms with Crippen molar-refractivity contribution in [2.24, 2.45) is 5.73 Å². The standard InChI is InChI=1S/C10H16F3N3O/c1-8(14)9-5-15-16(6-9)3-2-4-17-7-10(11,12)13/h5-6,8H,2-4,7,14H2,1H3. The Bertz CT molecular complexity index is 336. The maximum atomic E-state index is 11.7. The number of ether oxygens (including phenoxy) is 1. The molecule has 1 unspecified atom stereocenters. The maximum absolute atomic E-state index is 11.7. The number of hydrogen-bond donors (Lipinski definition) is 1. The van der Waals surface area contributed by atoms with Crippen LogP contribution in [0.4, 0.5) is 13.2 Å². The Balaban J connectivity index is 2.18. The first kappa shape index (κ1) is 14.0. The summed E-state index contributed by atoms with van der Waals surface area (Å²) in [5.74, 6) is 0. The molecule has 4 nitrogen and oxygen atoms in total. The third-order valence-corrected chi connectivity index (χ3v) is 2.12. The van der Waals surface area contributed by atoms with Gasteiger partial charge in [-0.2, -0.15) is 18.3 Å². The molecule has 0 aromatic carbocycles. The summed E-state index contributed by atoms with van der Waals surface area (Å²) >= 11 is 0. The second-order valence-corrected chi connectivity index (χ2v) is 3.85. The monoisotopic (exact) mass is 251 g/mol. The van der Waals surface area contributed by atoms with E-state index >= 15 is 0 Å². The minimum atomic E-state index is -4.26. The fourth-order valence-electron chi connectivity index (χ4n) is 1.25. The molecule has 1 atom stereocenters. The van der Waals surface area contributed by atoms with E-state index in [1.54, 1.807) is 17.1 Å². The van der Waals surface area contributed by atoms with Crippen molar-refractivity contribution in [1.29, 1.82) is 0 Å². The summed E-state index contributed by atoms with van der Waals surface area (Å²) in [6.07, 6.45) is -0.334. The normalized spacial score (nSPS) is 13.9. The third-order valence-electron chi connectivity index (χ3n) is 2.12. The van der Waals surface area contributed by atoms with Crippen LogP contribution < -0.4 is 5.73 Å². The Morgan fingerprint density at radius 2 is 2.24 bits per heavy atom. The van der Waals surface area contributed by atoms with Gasteiger partial charge in [-0.15, -0.1) is 0 Å². The maximum Gasteiger partial charge on any atom is 0.411 e. The van der Waals surface area contributed by atoms with E-state index in [4.69, 9.17) is 5.73 Å². The summed E-state index contributed by atoms with van der Waals surface area (Å²) in [7, 11) is 0. The van der Waals surface area contributed by atoms with Crippen LogP contribution in [0.5, 0.6) is 0 Å². The molecule has 0 aliphatic heterocycles. The van der Waals surface area contributed by atoms with Crippen LogP contribution in [-0.4, -0.2) is 29.2 Å². The first-order valence-corrected chi connectivity index (χ1v) is 5.31. The predicted molar refractivity (Wildman–Crippen MR) is 56.3 cm³/mol. The number of alkyl halides is 3. The zero-order valence-corrected chi connectivity index (χ0v) is 9.57. The molecule has 0 amide bonds. The lowest BCUT2D eigenvalue weighted by Crippen LogP contribution is -2.17. The first-order valence-electron chi connectivity index (χ1n) is 5.31. The van der Waals surface area contributed by atoms with E-state index in [0.29, 0.717) is 13.0 Å². The lowest BCUT2D eigenvalue weighted by molar-refractivity contribution is -0.174. The molecule has 98 valence electrons. The van der Waals surface area contributed by atoms with Gasteiger partial charge in [0, 0.05) is 31.0 Å². The number of rotatable bonds is 6. The molecular formula is C10H16F3N3O. The highest BCUT2D eigenvalue weighted by atomic mass is 19.4. The molecule has 2 N–H and O–H groups in total. The molecule has 7 heteroatoms. The van der Waals surface area contributed by atoms with Crippen LogP contribution in [0.1, 0.15) is 24.9 Å². The van der Waals surface area contributed by atoms with Crippen molar-refractivity contribution >= 4 is 0 Å². The molecule has 0 radical (unpaired) electrons. The first-order chi connectivity index (χ1) is 7.88. The second-order valence-electron chi connectivity index (χ2n) is 3.85. The van der Waals surface area contributed by atoms with Crippen LogP contribution in [-0.2, 0) is 11.3 Å². The summed E-state index contributed by atoms with van der Waals surface area (Å²) in [4.78, 5) is 0. The van der Waals surface area contributed by atoms with E-state index in [1.807, 2.05) is 6.92 Å². The molecule has 0 saturated heterocycles. The van der Waals surface area contributed by atoms with Crippen LogP contribution in [0, 0.1) is 0 Å². The average Bonchev–Trinajstić information content (AvgIpc) is 2.64. The molecule has 1 aromatic rings. The predicted octanol–water partition coefficient (Wildman–Crippen LogP) is 1.87. The summed E-state index contributed by atoms with van der Waals surface area (Å²) < 4.78 is 41.4. The minimum absolute atomic E-state index is 0.0624. The van der Waals surface area contributed by atoms with Gasteiger partial charge < -0.3 is 10.5 Å². The highest BCUT2D eigenvalue weighted by Gasteiger charge is 2.27. The molecule has 0 fully saturated rings. The van der Waals surface area contributed by atoms with Crippen LogP contribution in [0.3, 0.4) is 0 Å². The van der Waals surface area contributed by atoms with E-state index < -0.39 is 12.8 Å². The van der Waals surface area contributed by atoms with Crippen molar-refractivity contribution < 1.29 is 17.9 Å². The highest BCUT2D eigenvalue weighted by Crippen LogP contribution is 2.14. The molecule has 0 aliphatic rings. The molecule has 0 saturated carbocycles. The molecular weight excluding hydrogens is 235 g/mol. The van der Waals surface area contributed by atoms with Gasteiger partial charge in [0.15, 0.2) is 0 Å². The van der Waals surface area contributed by atoms with E-state index in [9.17, 15) is 13.2 Å². The quantitative estimate of drug-likeness (QED) is 0.785. The average molecular weight is 251 g/mol. The van der Waals surface area contributed by atoms with Crippen molar-refractivity contribution in [3.05, 3.63) is 18.0 Å².